The molecule has 0 radical (unpaired) electrons. The van der Waals surface area contributed by atoms with Crippen LogP contribution in [0.5, 0.6) is 0 Å². The van der Waals surface area contributed by atoms with E-state index in [1.165, 1.54) is 0 Å². The number of aliphatic hydroxyl groups excluding tert-OH is 3. The van der Waals surface area contributed by atoms with Crippen LogP contribution >= 0.6 is 0 Å². The maximum absolute atomic E-state index is 13.6. The molecule has 0 saturated carbocycles. The fraction of sp³-hybridized carbons (Fsp3) is 0.600. The highest BCUT2D eigenvalue weighted by atomic mass is 16.3. The highest BCUT2D eigenvalue weighted by molar-refractivity contribution is 6.02. The van der Waals surface area contributed by atoms with Gasteiger partial charge in [-0.05, 0) is 19.4 Å². The van der Waals surface area contributed by atoms with Crippen LogP contribution in [0.3, 0.4) is 0 Å². The van der Waals surface area contributed by atoms with Crippen LogP contribution in [0.1, 0.15) is 25.7 Å². The average molecular weight is 686 g/mol. The van der Waals surface area contributed by atoms with E-state index in [9.17, 15) is 48.9 Å². The van der Waals surface area contributed by atoms with E-state index in [1.54, 1.807) is 0 Å². The molecule has 0 bridgehead atoms. The van der Waals surface area contributed by atoms with E-state index in [-0.39, 0.29) is 18.8 Å². The van der Waals surface area contributed by atoms with Gasteiger partial charge in [-0.25, -0.2) is 9.79 Å². The van der Waals surface area contributed by atoms with Gasteiger partial charge in [-0.15, -0.1) is 0 Å². The molecule has 268 valence electrons. The number of nitrogens with zero attached hydrogens (tertiary/aromatic N) is 1. The number of carbonyl (C=O) groups is 7. The number of guanidine groups is 1. The molecular weight excluding hydrogens is 642 g/mol. The summed E-state index contributed by atoms with van der Waals surface area (Å²) in [6.07, 6.45) is -0.339. The summed E-state index contributed by atoms with van der Waals surface area (Å²) in [5, 5.41) is 47.9. The predicted molar refractivity (Wildman–Crippen MR) is 164 cm³/mol. The first-order valence-corrected chi connectivity index (χ1v) is 14.7. The number of carbonyl (C=O) groups excluding carboxylic acids is 7. The molecule has 1 saturated heterocycles. The zero-order valence-electron chi connectivity index (χ0n) is 25.7. The van der Waals surface area contributed by atoms with Gasteiger partial charge in [-0.3, -0.25) is 28.8 Å². The van der Waals surface area contributed by atoms with Crippen LogP contribution < -0.4 is 65.5 Å². The van der Waals surface area contributed by atoms with Crippen molar-refractivity contribution in [3.63, 3.8) is 0 Å². The topological polar surface area (TPSA) is 393 Å². The molecule has 8 amide bonds. The first-order valence-electron chi connectivity index (χ1n) is 14.7. The van der Waals surface area contributed by atoms with Crippen LogP contribution in [0.25, 0.3) is 0 Å². The summed E-state index contributed by atoms with van der Waals surface area (Å²) in [7, 11) is 0. The molecule has 0 aromatic rings. The fourth-order valence-corrected chi connectivity index (χ4v) is 4.46. The van der Waals surface area contributed by atoms with Crippen LogP contribution in [-0.4, -0.2) is 132 Å². The quantitative estimate of drug-likeness (QED) is 0.0950. The molecule has 1 fully saturated rings. The van der Waals surface area contributed by atoms with Gasteiger partial charge in [-0.2, -0.15) is 0 Å². The van der Waals surface area contributed by atoms with E-state index in [2.05, 4.69) is 42.2 Å². The van der Waals surface area contributed by atoms with Gasteiger partial charge >= 0.3 is 6.03 Å². The lowest BCUT2D eigenvalue weighted by molar-refractivity contribution is -0.135. The van der Waals surface area contributed by atoms with E-state index in [4.69, 9.17) is 22.9 Å². The number of aliphatic imine (C=N–C) groups is 1. The third-order valence-corrected chi connectivity index (χ3v) is 6.91. The van der Waals surface area contributed by atoms with Crippen LogP contribution in [0, 0.1) is 0 Å². The SMILES string of the molecule is NCCC[C@H](N)CC(=O)NC1CNC(=O)[C@H]([C@H]2C[C@H](O)N=C(N)N2)NC(=O)/C(=C/NC(N)=O)NC(=O)[C@H](CO)NC(=O)[C@H](CO)NC1=O. The largest absolute Gasteiger partial charge is 0.394 e. The van der Waals surface area contributed by atoms with Gasteiger partial charge in [0, 0.05) is 31.6 Å². The molecule has 0 spiro atoms. The Morgan fingerprint density at radius 1 is 0.979 bits per heavy atom. The minimum Gasteiger partial charge on any atom is -0.394 e. The van der Waals surface area contributed by atoms with Crippen molar-refractivity contribution in [2.24, 2.45) is 27.9 Å². The summed E-state index contributed by atoms with van der Waals surface area (Å²) in [5.41, 5.74) is 21.5. The van der Waals surface area contributed by atoms with Crippen LogP contribution in [0.4, 0.5) is 4.79 Å². The third kappa shape index (κ3) is 12.3. The molecule has 0 aromatic heterocycles. The zero-order valence-corrected chi connectivity index (χ0v) is 25.7. The maximum atomic E-state index is 13.6. The van der Waals surface area contributed by atoms with E-state index >= 15 is 0 Å². The molecule has 19 N–H and O–H groups in total. The molecule has 2 aliphatic heterocycles. The van der Waals surface area contributed by atoms with Gasteiger partial charge in [0.05, 0.1) is 19.3 Å². The summed E-state index contributed by atoms with van der Waals surface area (Å²) in [4.78, 5) is 94.0. The number of nitrogens with two attached hydrogens (primary N) is 4. The lowest BCUT2D eigenvalue weighted by atomic mass is 10.0. The Labute approximate surface area is 273 Å². The lowest BCUT2D eigenvalue weighted by Crippen LogP contribution is -2.64. The minimum absolute atomic E-state index is 0.245. The van der Waals surface area contributed by atoms with Crippen molar-refractivity contribution in [2.45, 2.75) is 68.2 Å². The summed E-state index contributed by atoms with van der Waals surface area (Å²) in [6, 6.07) is -9.66. The number of nitrogens with one attached hydrogen (secondary N) is 8. The average Bonchev–Trinajstić information content (AvgIpc) is 3.02. The Morgan fingerprint density at radius 3 is 2.23 bits per heavy atom. The van der Waals surface area contributed by atoms with E-state index < -0.39 is 109 Å². The fourth-order valence-electron chi connectivity index (χ4n) is 4.46. The number of hydrogen-bond donors (Lipinski definition) is 15. The van der Waals surface area contributed by atoms with Gasteiger partial charge in [0.25, 0.3) is 5.91 Å². The standard InChI is InChI=1S/C25H43N13O10/c26-3-1-2-10(27)4-16(41)32-12-6-30-23(47)18(11-5-17(42)37-24(28)36-11)38-20(44)13(7-31-25(29)48)33-21(45)14(8-39)35-22(46)15(9-40)34-19(12)43/h7,10-12,14-15,17-18,39-40,42H,1-6,8-9,26-27H2,(H,30,47)(H,32,41)(H,33,45)(H,34,43)(H,35,46)(H,38,44)(H3,28,36,37)(H3,29,31,48)/b13-7-/t10-,11+,12?,14-,15-,17-,18-/m0/s1. The Hall–Kier alpha value is -5.10. The Bertz CT molecular complexity index is 1280. The molecule has 23 nitrogen and oxygen atoms in total. The first kappa shape index (κ1) is 39.1. The highest BCUT2D eigenvalue weighted by Gasteiger charge is 2.37. The number of hydrogen-bond acceptors (Lipinski definition) is 15. The van der Waals surface area contributed by atoms with E-state index in [0.29, 0.717) is 25.6 Å². The minimum atomic E-state index is -1.78. The molecule has 1 unspecified atom stereocenters. The third-order valence-electron chi connectivity index (χ3n) is 6.91. The van der Waals surface area contributed by atoms with Gasteiger partial charge in [-0.1, -0.05) is 0 Å². The van der Waals surface area contributed by atoms with Crippen molar-refractivity contribution in [1.82, 2.24) is 42.5 Å². The van der Waals surface area contributed by atoms with Crippen molar-refractivity contribution >= 4 is 47.4 Å². The van der Waals surface area contributed by atoms with Crippen LogP contribution in [0.2, 0.25) is 0 Å². The number of primary amides is 1. The molecule has 2 rings (SSSR count). The molecular formula is C25H43N13O10. The van der Waals surface area contributed by atoms with Crippen LogP contribution in [-0.2, 0) is 28.8 Å². The van der Waals surface area contributed by atoms with E-state index in [0.717, 1.165) is 0 Å². The summed E-state index contributed by atoms with van der Waals surface area (Å²) in [6.45, 7) is -2.36. The van der Waals surface area contributed by atoms with Crippen molar-refractivity contribution in [1.29, 1.82) is 0 Å². The smallest absolute Gasteiger partial charge is 0.316 e. The monoisotopic (exact) mass is 685 g/mol. The number of rotatable bonds is 10. The van der Waals surface area contributed by atoms with Gasteiger partial charge in [0.2, 0.25) is 29.5 Å². The molecule has 0 aliphatic carbocycles. The summed E-state index contributed by atoms with van der Waals surface area (Å²) >= 11 is 0. The first-order chi connectivity index (χ1) is 22.7. The lowest BCUT2D eigenvalue weighted by Gasteiger charge is -2.33. The van der Waals surface area contributed by atoms with Crippen molar-refractivity contribution in [2.75, 3.05) is 26.3 Å². The normalized spacial score (nSPS) is 27.6. The van der Waals surface area contributed by atoms with E-state index in [1.807, 2.05) is 5.32 Å². The van der Waals surface area contributed by atoms with Crippen LogP contribution in [0.15, 0.2) is 16.9 Å². The molecule has 2 heterocycles. The molecule has 7 atom stereocenters. The Morgan fingerprint density at radius 2 is 1.62 bits per heavy atom. The maximum Gasteiger partial charge on any atom is 0.316 e. The summed E-state index contributed by atoms with van der Waals surface area (Å²) < 4.78 is 0. The van der Waals surface area contributed by atoms with Gasteiger partial charge in [0.1, 0.15) is 29.9 Å². The summed E-state index contributed by atoms with van der Waals surface area (Å²) in [5.74, 6) is -6.65. The second-order valence-corrected chi connectivity index (χ2v) is 10.7. The molecule has 2 aliphatic rings. The highest BCUT2D eigenvalue weighted by Crippen LogP contribution is 2.11. The second-order valence-electron chi connectivity index (χ2n) is 10.7. The number of amides is 8. The van der Waals surface area contributed by atoms with Gasteiger partial charge in [0.15, 0.2) is 12.2 Å². The number of aliphatic hydroxyl groups is 3. The Balaban J connectivity index is 2.54. The Kier molecular flexibility index (Phi) is 15.4. The molecule has 48 heavy (non-hydrogen) atoms. The van der Waals surface area contributed by atoms with Gasteiger partial charge < -0.3 is 80.8 Å². The van der Waals surface area contributed by atoms with Crippen molar-refractivity contribution in [3.8, 4) is 0 Å². The second kappa shape index (κ2) is 18.9. The number of urea groups is 1. The zero-order chi connectivity index (χ0) is 36.0. The molecule has 23 heteroatoms. The predicted octanol–water partition coefficient (Wildman–Crippen LogP) is -8.88. The van der Waals surface area contributed by atoms with Crippen molar-refractivity contribution in [3.05, 3.63) is 11.9 Å². The van der Waals surface area contributed by atoms with Crippen molar-refractivity contribution < 1.29 is 48.9 Å². The molecule has 0 aromatic carbocycles.